The standard InChI is InChI=1S/C61H37N5O/c1-3-16-38(17-4-1)39-30-32-40(33-31-39)59-62-60(48-25-15-28-54-57(48)47-24-10-13-27-53(47)65(54)43-20-5-2-6-21-43)64-61(63-59)51-37-44(36-50-46-23-11-14-29-56(46)67-58(50)51)66-52-26-12-9-22-45(52)49-34-41-18-7-8-19-42(41)35-55(49)66/h1-37H. The van der Waals surface area contributed by atoms with Crippen LogP contribution in [0.2, 0.25) is 0 Å². The molecule has 312 valence electrons. The van der Waals surface area contributed by atoms with Crippen molar-refractivity contribution in [1.82, 2.24) is 24.1 Å². The second kappa shape index (κ2) is 14.7. The Bertz CT molecular complexity index is 4260. The SMILES string of the molecule is c1ccc(-c2ccc(-c3nc(-c4cc(-n5c6ccccc6c6cc7ccccc7cc65)cc5c4oc4ccccc45)nc(-c4cccc5c4c4ccccc4n5-c4ccccc4)n3)cc2)cc1. The van der Waals surface area contributed by atoms with Crippen LogP contribution in [-0.2, 0) is 0 Å². The molecular formula is C61H37N5O. The predicted octanol–water partition coefficient (Wildman–Crippen LogP) is 15.8. The monoisotopic (exact) mass is 855 g/mol. The fourth-order valence-electron chi connectivity index (χ4n) is 10.3. The summed E-state index contributed by atoms with van der Waals surface area (Å²) in [5.74, 6) is 1.67. The van der Waals surface area contributed by atoms with Gasteiger partial charge in [-0.1, -0.05) is 164 Å². The van der Waals surface area contributed by atoms with Crippen molar-refractivity contribution in [3.8, 4) is 56.7 Å². The largest absolute Gasteiger partial charge is 0.455 e. The molecule has 0 fully saturated rings. The molecule has 0 amide bonds. The van der Waals surface area contributed by atoms with Crippen LogP contribution in [0.5, 0.6) is 0 Å². The maximum Gasteiger partial charge on any atom is 0.167 e. The van der Waals surface area contributed by atoms with Crippen LogP contribution in [-0.4, -0.2) is 24.1 Å². The van der Waals surface area contributed by atoms with E-state index in [4.69, 9.17) is 19.4 Å². The fraction of sp³-hybridized carbons (Fsp3) is 0. The Hall–Kier alpha value is -9.13. The van der Waals surface area contributed by atoms with Gasteiger partial charge < -0.3 is 13.6 Å². The van der Waals surface area contributed by atoms with Gasteiger partial charge in [0.1, 0.15) is 11.2 Å². The molecule has 0 radical (unpaired) electrons. The molecule has 0 aliphatic carbocycles. The van der Waals surface area contributed by atoms with Gasteiger partial charge in [-0.05, 0) is 82.6 Å². The van der Waals surface area contributed by atoms with Crippen molar-refractivity contribution in [2.24, 2.45) is 0 Å². The quantitative estimate of drug-likeness (QED) is 0.167. The number of nitrogens with zero attached hydrogens (tertiary/aromatic N) is 5. The summed E-state index contributed by atoms with van der Waals surface area (Å²) < 4.78 is 11.6. The first kappa shape index (κ1) is 37.3. The summed E-state index contributed by atoms with van der Waals surface area (Å²) in [6.45, 7) is 0. The van der Waals surface area contributed by atoms with Gasteiger partial charge in [-0.15, -0.1) is 0 Å². The number of para-hydroxylation sites is 4. The fourth-order valence-corrected chi connectivity index (χ4v) is 10.3. The molecule has 0 aliphatic rings. The number of rotatable bonds is 6. The number of aromatic nitrogens is 5. The van der Waals surface area contributed by atoms with Gasteiger partial charge in [0, 0.05) is 54.8 Å². The summed E-state index contributed by atoms with van der Waals surface area (Å²) in [6, 6.07) is 79.1. The Morgan fingerprint density at radius 3 is 1.67 bits per heavy atom. The van der Waals surface area contributed by atoms with Gasteiger partial charge in [0.15, 0.2) is 17.5 Å². The molecule has 0 unspecified atom stereocenters. The highest BCUT2D eigenvalue weighted by atomic mass is 16.3. The van der Waals surface area contributed by atoms with Crippen molar-refractivity contribution >= 4 is 76.3 Å². The van der Waals surface area contributed by atoms with Crippen molar-refractivity contribution in [2.75, 3.05) is 0 Å². The predicted molar refractivity (Wildman–Crippen MR) is 275 cm³/mol. The van der Waals surface area contributed by atoms with Gasteiger partial charge in [-0.25, -0.2) is 15.0 Å². The Kier molecular flexibility index (Phi) is 8.18. The first-order chi connectivity index (χ1) is 33.2. The Morgan fingerprint density at radius 1 is 0.313 bits per heavy atom. The van der Waals surface area contributed by atoms with E-state index in [0.717, 1.165) is 94.0 Å². The molecule has 0 aliphatic heterocycles. The van der Waals surface area contributed by atoms with Crippen LogP contribution in [0.1, 0.15) is 0 Å². The first-order valence-corrected chi connectivity index (χ1v) is 22.6. The number of fused-ring (bicyclic) bond motifs is 10. The zero-order chi connectivity index (χ0) is 44.0. The summed E-state index contributed by atoms with van der Waals surface area (Å²) >= 11 is 0. The first-order valence-electron chi connectivity index (χ1n) is 22.6. The van der Waals surface area contributed by atoms with Crippen LogP contribution in [0.4, 0.5) is 0 Å². The lowest BCUT2D eigenvalue weighted by Crippen LogP contribution is -2.02. The van der Waals surface area contributed by atoms with Crippen molar-refractivity contribution in [3.05, 3.63) is 224 Å². The molecule has 6 heteroatoms. The van der Waals surface area contributed by atoms with E-state index in [1.165, 1.54) is 21.5 Å². The topological polar surface area (TPSA) is 61.7 Å². The number of hydrogen-bond acceptors (Lipinski definition) is 4. The van der Waals surface area contributed by atoms with Crippen molar-refractivity contribution in [1.29, 1.82) is 0 Å². The summed E-state index contributed by atoms with van der Waals surface area (Å²) in [5, 5.41) is 8.97. The molecule has 10 aromatic carbocycles. The van der Waals surface area contributed by atoms with E-state index in [-0.39, 0.29) is 0 Å². The zero-order valence-corrected chi connectivity index (χ0v) is 36.0. The molecule has 4 heterocycles. The lowest BCUT2D eigenvalue weighted by atomic mass is 10.0. The Morgan fingerprint density at radius 2 is 0.881 bits per heavy atom. The highest BCUT2D eigenvalue weighted by molar-refractivity contribution is 6.17. The number of benzene rings is 10. The minimum atomic E-state index is 0.521. The normalized spacial score (nSPS) is 11.9. The van der Waals surface area contributed by atoms with E-state index in [0.29, 0.717) is 17.5 Å². The highest BCUT2D eigenvalue weighted by Crippen LogP contribution is 2.43. The second-order valence-electron chi connectivity index (χ2n) is 17.2. The van der Waals surface area contributed by atoms with Gasteiger partial charge in [0.05, 0.1) is 27.6 Å². The van der Waals surface area contributed by atoms with E-state index >= 15 is 0 Å². The maximum atomic E-state index is 6.87. The number of hydrogen-bond donors (Lipinski definition) is 0. The highest BCUT2D eigenvalue weighted by Gasteiger charge is 2.24. The van der Waals surface area contributed by atoms with E-state index < -0.39 is 0 Å². The van der Waals surface area contributed by atoms with Gasteiger partial charge in [-0.3, -0.25) is 0 Å². The van der Waals surface area contributed by atoms with Gasteiger partial charge >= 0.3 is 0 Å². The van der Waals surface area contributed by atoms with E-state index in [2.05, 4.69) is 215 Å². The Labute approximate surface area is 384 Å². The van der Waals surface area contributed by atoms with E-state index in [1.807, 2.05) is 18.2 Å². The van der Waals surface area contributed by atoms with Gasteiger partial charge in [0.2, 0.25) is 0 Å². The van der Waals surface area contributed by atoms with Crippen LogP contribution < -0.4 is 0 Å². The molecule has 67 heavy (non-hydrogen) atoms. The van der Waals surface area contributed by atoms with Crippen molar-refractivity contribution in [2.45, 2.75) is 0 Å². The third-order valence-electron chi connectivity index (χ3n) is 13.3. The lowest BCUT2D eigenvalue weighted by Gasteiger charge is -2.13. The van der Waals surface area contributed by atoms with Crippen LogP contribution in [0, 0.1) is 0 Å². The van der Waals surface area contributed by atoms with Crippen LogP contribution in [0.15, 0.2) is 229 Å². The van der Waals surface area contributed by atoms with Crippen LogP contribution >= 0.6 is 0 Å². The molecule has 0 saturated heterocycles. The van der Waals surface area contributed by atoms with Crippen molar-refractivity contribution < 1.29 is 4.42 Å². The minimum absolute atomic E-state index is 0.521. The molecule has 6 nitrogen and oxygen atoms in total. The van der Waals surface area contributed by atoms with Crippen molar-refractivity contribution in [3.63, 3.8) is 0 Å². The molecule has 0 saturated carbocycles. The molecule has 4 aromatic heterocycles. The van der Waals surface area contributed by atoms with E-state index in [9.17, 15) is 0 Å². The summed E-state index contributed by atoms with van der Waals surface area (Å²) in [5.41, 5.74) is 12.9. The maximum absolute atomic E-state index is 6.87. The number of furan rings is 1. The second-order valence-corrected chi connectivity index (χ2v) is 17.2. The molecule has 0 bridgehead atoms. The molecule has 14 rings (SSSR count). The molecule has 14 aromatic rings. The van der Waals surface area contributed by atoms with Crippen LogP contribution in [0.3, 0.4) is 0 Å². The minimum Gasteiger partial charge on any atom is -0.455 e. The smallest absolute Gasteiger partial charge is 0.167 e. The molecule has 0 N–H and O–H groups in total. The third kappa shape index (κ3) is 5.86. The van der Waals surface area contributed by atoms with Gasteiger partial charge in [0.25, 0.3) is 0 Å². The van der Waals surface area contributed by atoms with Gasteiger partial charge in [-0.2, -0.15) is 0 Å². The van der Waals surface area contributed by atoms with Crippen LogP contribution in [0.25, 0.3) is 133 Å². The lowest BCUT2D eigenvalue weighted by molar-refractivity contribution is 0.669. The average Bonchev–Trinajstić information content (AvgIpc) is 4.06. The average molecular weight is 856 g/mol. The molecule has 0 spiro atoms. The summed E-state index contributed by atoms with van der Waals surface area (Å²) in [4.78, 5) is 16.3. The molecule has 0 atom stereocenters. The third-order valence-corrected chi connectivity index (χ3v) is 13.3. The Balaban J connectivity index is 1.07. The zero-order valence-electron chi connectivity index (χ0n) is 36.0. The summed E-state index contributed by atoms with van der Waals surface area (Å²) in [7, 11) is 0. The molecular weight excluding hydrogens is 819 g/mol. The van der Waals surface area contributed by atoms with E-state index in [1.54, 1.807) is 0 Å². The summed E-state index contributed by atoms with van der Waals surface area (Å²) in [6.07, 6.45) is 0.